The number of rotatable bonds is 7. The van der Waals surface area contributed by atoms with Crippen LogP contribution in [0.15, 0.2) is 224 Å². The summed E-state index contributed by atoms with van der Waals surface area (Å²) in [6.07, 6.45) is 17.3. The summed E-state index contributed by atoms with van der Waals surface area (Å²) in [5.74, 6) is 0.308. The van der Waals surface area contributed by atoms with Crippen molar-refractivity contribution < 1.29 is 0 Å². The number of nitrogens with zero attached hydrogens (tertiary/aromatic N) is 1. The van der Waals surface area contributed by atoms with Crippen LogP contribution in [0.25, 0.3) is 58.8 Å². The van der Waals surface area contributed by atoms with Crippen molar-refractivity contribution in [2.45, 2.75) is 24.7 Å². The van der Waals surface area contributed by atoms with E-state index in [1.54, 1.807) is 0 Å². The van der Waals surface area contributed by atoms with Crippen molar-refractivity contribution in [3.05, 3.63) is 241 Å². The summed E-state index contributed by atoms with van der Waals surface area (Å²) in [5.41, 5.74) is 15.3. The van der Waals surface area contributed by atoms with Gasteiger partial charge in [-0.25, -0.2) is 0 Å². The van der Waals surface area contributed by atoms with E-state index >= 15 is 0 Å². The van der Waals surface area contributed by atoms with Crippen LogP contribution < -0.4 is 4.90 Å². The van der Waals surface area contributed by atoms with Crippen molar-refractivity contribution in [3.8, 4) is 22.3 Å². The molecule has 0 saturated carbocycles. The molecule has 1 aromatic heterocycles. The lowest BCUT2D eigenvalue weighted by atomic mass is 9.61. The Labute approximate surface area is 361 Å². The van der Waals surface area contributed by atoms with E-state index in [1.807, 2.05) is 11.3 Å². The molecule has 2 atom stereocenters. The average Bonchev–Trinajstić information content (AvgIpc) is 3.87. The second-order valence-corrected chi connectivity index (χ2v) is 17.7. The molecule has 0 saturated heterocycles. The van der Waals surface area contributed by atoms with Crippen LogP contribution in [0.2, 0.25) is 0 Å². The second kappa shape index (κ2) is 14.6. The van der Waals surface area contributed by atoms with Crippen molar-refractivity contribution in [2.24, 2.45) is 5.92 Å². The minimum absolute atomic E-state index is 0.272. The molecular formula is C59H43NS. The van der Waals surface area contributed by atoms with E-state index in [-0.39, 0.29) is 5.41 Å². The first-order chi connectivity index (χ1) is 30.3. The minimum atomic E-state index is -0.272. The van der Waals surface area contributed by atoms with Gasteiger partial charge in [0.2, 0.25) is 0 Å². The topological polar surface area (TPSA) is 3.24 Å². The van der Waals surface area contributed by atoms with Gasteiger partial charge in [-0.1, -0.05) is 176 Å². The fourth-order valence-electron chi connectivity index (χ4n) is 10.8. The molecule has 2 unspecified atom stereocenters. The first kappa shape index (κ1) is 35.9. The maximum Gasteiger partial charge on any atom is 0.0540 e. The van der Waals surface area contributed by atoms with E-state index in [9.17, 15) is 0 Å². The van der Waals surface area contributed by atoms with Crippen LogP contribution in [0.4, 0.5) is 17.1 Å². The number of anilines is 3. The van der Waals surface area contributed by atoms with Crippen LogP contribution in [-0.4, -0.2) is 0 Å². The maximum atomic E-state index is 2.47. The molecule has 290 valence electrons. The zero-order valence-corrected chi connectivity index (χ0v) is 34.7. The molecule has 2 heteroatoms. The summed E-state index contributed by atoms with van der Waals surface area (Å²) in [6.45, 7) is 0. The van der Waals surface area contributed by atoms with Crippen LogP contribution in [0, 0.1) is 5.92 Å². The lowest BCUT2D eigenvalue weighted by Gasteiger charge is -2.41. The highest BCUT2D eigenvalue weighted by Gasteiger charge is 2.49. The Morgan fingerprint density at radius 3 is 2.02 bits per heavy atom. The van der Waals surface area contributed by atoms with Gasteiger partial charge in [0.15, 0.2) is 0 Å². The first-order valence-electron chi connectivity index (χ1n) is 21.6. The van der Waals surface area contributed by atoms with Crippen LogP contribution >= 0.6 is 11.3 Å². The third-order valence-corrected chi connectivity index (χ3v) is 14.6. The van der Waals surface area contributed by atoms with Gasteiger partial charge in [-0.2, -0.15) is 0 Å². The van der Waals surface area contributed by atoms with Crippen molar-refractivity contribution in [1.82, 2.24) is 0 Å². The quantitative estimate of drug-likeness (QED) is 0.155. The monoisotopic (exact) mass is 797 g/mol. The zero-order chi connectivity index (χ0) is 40.3. The van der Waals surface area contributed by atoms with Crippen molar-refractivity contribution >= 4 is 64.9 Å². The van der Waals surface area contributed by atoms with Gasteiger partial charge in [0.1, 0.15) is 0 Å². The molecular weight excluding hydrogens is 755 g/mol. The summed E-state index contributed by atoms with van der Waals surface area (Å²) in [6, 6.07) is 67.9. The normalized spacial score (nSPS) is 17.9. The lowest BCUT2D eigenvalue weighted by Crippen LogP contribution is -2.36. The van der Waals surface area contributed by atoms with E-state index in [4.69, 9.17) is 0 Å². The zero-order valence-electron chi connectivity index (χ0n) is 33.8. The molecule has 8 aromatic carbocycles. The van der Waals surface area contributed by atoms with E-state index in [1.165, 1.54) is 81.0 Å². The number of benzene rings is 8. The van der Waals surface area contributed by atoms with Crippen LogP contribution in [-0.2, 0) is 5.41 Å². The fraction of sp³-hybridized carbons (Fsp3) is 0.0847. The lowest BCUT2D eigenvalue weighted by molar-refractivity contribution is 0.453. The molecule has 3 aliphatic rings. The number of hydrogen-bond donors (Lipinski definition) is 0. The van der Waals surface area contributed by atoms with Gasteiger partial charge in [0, 0.05) is 36.9 Å². The first-order valence-corrected chi connectivity index (χ1v) is 22.4. The van der Waals surface area contributed by atoms with Gasteiger partial charge in [-0.3, -0.25) is 0 Å². The smallest absolute Gasteiger partial charge is 0.0540 e. The molecule has 12 rings (SSSR count). The highest BCUT2D eigenvalue weighted by Crippen LogP contribution is 2.59. The molecule has 1 nitrogen and oxygen atoms in total. The largest absolute Gasteiger partial charge is 0.310 e. The highest BCUT2D eigenvalue weighted by molar-refractivity contribution is 7.25. The Kier molecular flexibility index (Phi) is 8.61. The molecule has 3 aliphatic carbocycles. The second-order valence-electron chi connectivity index (χ2n) is 16.6. The molecule has 0 radical (unpaired) electrons. The Bertz CT molecular complexity index is 3270. The molecule has 61 heavy (non-hydrogen) atoms. The number of allylic oxidation sites excluding steroid dienone is 8. The molecule has 0 fully saturated rings. The van der Waals surface area contributed by atoms with Gasteiger partial charge < -0.3 is 4.90 Å². The van der Waals surface area contributed by atoms with Crippen LogP contribution in [0.1, 0.15) is 36.0 Å². The maximum absolute atomic E-state index is 2.47. The van der Waals surface area contributed by atoms with Gasteiger partial charge in [0.25, 0.3) is 0 Å². The molecule has 0 bridgehead atoms. The van der Waals surface area contributed by atoms with Gasteiger partial charge in [-0.05, 0) is 123 Å². The van der Waals surface area contributed by atoms with Gasteiger partial charge in [0.05, 0.1) is 11.1 Å². The number of thiophene rings is 1. The van der Waals surface area contributed by atoms with Gasteiger partial charge >= 0.3 is 0 Å². The standard InChI is InChI=1S/C59H43NS/c1-3-16-40(17-4-1)46-38-39-55(51-23-8-7-20-48(46)51)60(44-34-30-41(31-35-44)47-25-15-29-57-58(47)52-24-11-14-28-56(52)61-57)45-36-32-43(33-37-45)59(42-18-5-2-6-19-42)53-26-12-9-21-49(53)50-22-10-13-27-54(50)59/h1-9,11-18,20-21,23-39,42H,10,19,22H2. The highest BCUT2D eigenvalue weighted by atomic mass is 32.1. The van der Waals surface area contributed by atoms with Crippen molar-refractivity contribution in [1.29, 1.82) is 0 Å². The summed E-state index contributed by atoms with van der Waals surface area (Å²) in [7, 11) is 0. The Balaban J connectivity index is 1.03. The summed E-state index contributed by atoms with van der Waals surface area (Å²) >= 11 is 1.87. The predicted molar refractivity (Wildman–Crippen MR) is 261 cm³/mol. The van der Waals surface area contributed by atoms with E-state index < -0.39 is 0 Å². The van der Waals surface area contributed by atoms with E-state index in [2.05, 4.69) is 223 Å². The molecule has 0 spiro atoms. The van der Waals surface area contributed by atoms with Crippen molar-refractivity contribution in [3.63, 3.8) is 0 Å². The van der Waals surface area contributed by atoms with Gasteiger partial charge in [-0.15, -0.1) is 11.3 Å². The summed E-state index contributed by atoms with van der Waals surface area (Å²) < 4.78 is 2.65. The SMILES string of the molecule is C1=CCC(C2(c3ccc(N(c4ccc(-c5cccc6sc7ccccc7c56)cc4)c4ccc(-c5ccccc5)c5ccccc45)cc3)C3=C(CCC=C3)c3ccccc32)C=C1. The summed E-state index contributed by atoms with van der Waals surface area (Å²) in [4.78, 5) is 2.47. The molecule has 0 N–H and O–H groups in total. The van der Waals surface area contributed by atoms with E-state index in [0.717, 1.165) is 36.3 Å². The Morgan fingerprint density at radius 2 is 1.20 bits per heavy atom. The third kappa shape index (κ3) is 5.66. The predicted octanol–water partition coefficient (Wildman–Crippen LogP) is 16.5. The molecule has 1 heterocycles. The molecule has 9 aromatic rings. The van der Waals surface area contributed by atoms with E-state index in [0.29, 0.717) is 5.92 Å². The number of hydrogen-bond acceptors (Lipinski definition) is 2. The fourth-order valence-corrected chi connectivity index (χ4v) is 12.0. The number of fused-ring (bicyclic) bond motifs is 6. The Hall–Kier alpha value is -7.00. The summed E-state index contributed by atoms with van der Waals surface area (Å²) in [5, 5.41) is 5.11. The minimum Gasteiger partial charge on any atom is -0.310 e. The molecule has 0 aliphatic heterocycles. The van der Waals surface area contributed by atoms with Crippen molar-refractivity contribution in [2.75, 3.05) is 4.90 Å². The average molecular weight is 798 g/mol. The third-order valence-electron chi connectivity index (χ3n) is 13.5. The Morgan fingerprint density at radius 1 is 0.508 bits per heavy atom. The van der Waals surface area contributed by atoms with Crippen LogP contribution in [0.3, 0.4) is 0 Å². The molecule has 0 amide bonds. The van der Waals surface area contributed by atoms with Crippen LogP contribution in [0.5, 0.6) is 0 Å².